The van der Waals surface area contributed by atoms with Crippen molar-refractivity contribution < 1.29 is 9.66 Å². The number of nitro groups is 1. The Hall–Kier alpha value is -1.49. The number of anilines is 1. The van der Waals surface area contributed by atoms with Gasteiger partial charge in [-0.05, 0) is 6.07 Å². The van der Waals surface area contributed by atoms with E-state index in [0.717, 1.165) is 0 Å². The molecule has 0 heterocycles. The number of hydrogen-bond donors (Lipinski definition) is 1. The van der Waals surface area contributed by atoms with Crippen molar-refractivity contribution in [3.63, 3.8) is 0 Å². The van der Waals surface area contributed by atoms with Crippen LogP contribution in [-0.2, 0) is 0 Å². The van der Waals surface area contributed by atoms with Gasteiger partial charge in [0.25, 0.3) is 0 Å². The summed E-state index contributed by atoms with van der Waals surface area (Å²) in [6.07, 6.45) is 0. The predicted molar refractivity (Wildman–Crippen MR) is 51.3 cm³/mol. The van der Waals surface area contributed by atoms with E-state index in [-0.39, 0.29) is 29.5 Å². The number of ether oxygens (including phenoxy) is 1. The van der Waals surface area contributed by atoms with Crippen molar-refractivity contribution in [2.75, 3.05) is 12.8 Å². The first-order valence-electron chi connectivity index (χ1n) is 3.23. The number of nitrogen functional groups attached to an aromatic ring is 1. The lowest BCUT2D eigenvalue weighted by atomic mass is 10.2. The van der Waals surface area contributed by atoms with Crippen LogP contribution in [0.2, 0.25) is 0 Å². The zero-order valence-corrected chi connectivity index (χ0v) is 7.71. The first-order chi connectivity index (χ1) is 5.66. The van der Waals surface area contributed by atoms with Crippen LogP contribution in [0.5, 0.6) is 5.75 Å². The van der Waals surface area contributed by atoms with Gasteiger partial charge in [-0.1, -0.05) is 6.07 Å². The highest BCUT2D eigenvalue weighted by atomic mass is 35.5. The van der Waals surface area contributed by atoms with Crippen molar-refractivity contribution in [2.45, 2.75) is 0 Å². The second-order valence-electron chi connectivity index (χ2n) is 2.16. The van der Waals surface area contributed by atoms with Crippen LogP contribution < -0.4 is 10.5 Å². The Morgan fingerprint density at radius 2 is 2.15 bits per heavy atom. The fourth-order valence-corrected chi connectivity index (χ4v) is 0.908. The Bertz CT molecular complexity index is 317. The summed E-state index contributed by atoms with van der Waals surface area (Å²) in [7, 11) is 1.35. The van der Waals surface area contributed by atoms with Crippen LogP contribution in [-0.4, -0.2) is 12.0 Å². The number of nitrogens with two attached hydrogens (primary N) is 1. The van der Waals surface area contributed by atoms with Gasteiger partial charge in [0.05, 0.1) is 17.7 Å². The highest BCUT2D eigenvalue weighted by Gasteiger charge is 2.15. The lowest BCUT2D eigenvalue weighted by molar-refractivity contribution is -0.385. The molecule has 0 amide bonds. The maximum Gasteiger partial charge on any atom is 0.313 e. The average molecular weight is 205 g/mol. The number of halogens is 1. The minimum atomic E-state index is -0.533. The number of nitro benzene ring substituents is 1. The fraction of sp³-hybridized carbons (Fsp3) is 0.143. The molecule has 0 atom stereocenters. The molecule has 2 N–H and O–H groups in total. The van der Waals surface area contributed by atoms with Crippen LogP contribution in [0.1, 0.15) is 0 Å². The summed E-state index contributed by atoms with van der Waals surface area (Å²) >= 11 is 0. The third-order valence-electron chi connectivity index (χ3n) is 1.43. The number of nitrogens with zero attached hydrogens (tertiary/aromatic N) is 1. The molecule has 0 aromatic heterocycles. The zero-order valence-electron chi connectivity index (χ0n) is 6.89. The van der Waals surface area contributed by atoms with Gasteiger partial charge >= 0.3 is 5.69 Å². The largest absolute Gasteiger partial charge is 0.489 e. The van der Waals surface area contributed by atoms with E-state index in [9.17, 15) is 10.1 Å². The van der Waals surface area contributed by atoms with Crippen molar-refractivity contribution in [1.82, 2.24) is 0 Å². The highest BCUT2D eigenvalue weighted by molar-refractivity contribution is 5.85. The quantitative estimate of drug-likeness (QED) is 0.451. The Balaban J connectivity index is 0.00000144. The standard InChI is InChI=1S/C7H8N2O3.ClH/c1-12-7-5(8)3-2-4-6(7)9(10)11;/h2-4H,8H2,1H3;1H. The van der Waals surface area contributed by atoms with E-state index in [4.69, 9.17) is 10.5 Å². The minimum Gasteiger partial charge on any atom is -0.489 e. The van der Waals surface area contributed by atoms with Crippen molar-refractivity contribution in [3.05, 3.63) is 28.3 Å². The van der Waals surface area contributed by atoms with E-state index in [0.29, 0.717) is 0 Å². The highest BCUT2D eigenvalue weighted by Crippen LogP contribution is 2.31. The smallest absolute Gasteiger partial charge is 0.313 e. The van der Waals surface area contributed by atoms with Gasteiger partial charge in [0, 0.05) is 6.07 Å². The van der Waals surface area contributed by atoms with E-state index in [1.54, 1.807) is 6.07 Å². The Morgan fingerprint density at radius 1 is 1.54 bits per heavy atom. The summed E-state index contributed by atoms with van der Waals surface area (Å²) in [6, 6.07) is 4.40. The van der Waals surface area contributed by atoms with Gasteiger partial charge in [-0.25, -0.2) is 0 Å². The van der Waals surface area contributed by atoms with E-state index >= 15 is 0 Å². The second-order valence-corrected chi connectivity index (χ2v) is 2.16. The number of hydrogen-bond acceptors (Lipinski definition) is 4. The van der Waals surface area contributed by atoms with Gasteiger partial charge in [0.2, 0.25) is 5.75 Å². The van der Waals surface area contributed by atoms with E-state index in [1.807, 2.05) is 0 Å². The van der Waals surface area contributed by atoms with Crippen molar-refractivity contribution in [2.24, 2.45) is 0 Å². The lowest BCUT2D eigenvalue weighted by Gasteiger charge is -2.03. The van der Waals surface area contributed by atoms with Crippen LogP contribution in [0.15, 0.2) is 18.2 Å². The molecule has 0 aliphatic heterocycles. The number of rotatable bonds is 2. The SMILES string of the molecule is COc1c(N)cccc1[N+](=O)[O-].Cl. The maximum atomic E-state index is 10.4. The first kappa shape index (κ1) is 11.5. The molecule has 0 fully saturated rings. The summed E-state index contributed by atoms with van der Waals surface area (Å²) < 4.78 is 4.77. The summed E-state index contributed by atoms with van der Waals surface area (Å²) in [4.78, 5) is 9.87. The normalized spacial score (nSPS) is 8.69. The zero-order chi connectivity index (χ0) is 9.14. The minimum absolute atomic E-state index is 0. The molecule has 1 aromatic rings. The lowest BCUT2D eigenvalue weighted by Crippen LogP contribution is -1.97. The summed E-state index contributed by atoms with van der Waals surface area (Å²) in [5, 5.41) is 10.4. The molecule has 13 heavy (non-hydrogen) atoms. The average Bonchev–Trinajstić information content (AvgIpc) is 2.03. The first-order valence-corrected chi connectivity index (χ1v) is 3.23. The molecule has 72 valence electrons. The second kappa shape index (κ2) is 4.51. The van der Waals surface area contributed by atoms with E-state index in [2.05, 4.69) is 0 Å². The maximum absolute atomic E-state index is 10.4. The molecular weight excluding hydrogens is 196 g/mol. The number of methoxy groups -OCH3 is 1. The molecule has 0 aliphatic rings. The molecule has 0 radical (unpaired) electrons. The van der Waals surface area contributed by atoms with Gasteiger partial charge in [-0.3, -0.25) is 10.1 Å². The molecule has 0 saturated carbocycles. The summed E-state index contributed by atoms with van der Waals surface area (Å²) in [5.41, 5.74) is 5.60. The van der Waals surface area contributed by atoms with Crippen LogP contribution in [0.25, 0.3) is 0 Å². The number of benzene rings is 1. The van der Waals surface area contributed by atoms with Crippen molar-refractivity contribution in [3.8, 4) is 5.75 Å². The van der Waals surface area contributed by atoms with Gasteiger partial charge in [0.1, 0.15) is 0 Å². The van der Waals surface area contributed by atoms with E-state index < -0.39 is 4.92 Å². The van der Waals surface area contributed by atoms with E-state index in [1.165, 1.54) is 19.2 Å². The Labute approximate surface area is 81.1 Å². The molecule has 1 aromatic carbocycles. The van der Waals surface area contributed by atoms with Gasteiger partial charge in [-0.2, -0.15) is 0 Å². The predicted octanol–water partition coefficient (Wildman–Crippen LogP) is 1.61. The van der Waals surface area contributed by atoms with Crippen LogP contribution in [0, 0.1) is 10.1 Å². The molecule has 0 aliphatic carbocycles. The van der Waals surface area contributed by atoms with Gasteiger partial charge in [0.15, 0.2) is 0 Å². The van der Waals surface area contributed by atoms with Crippen LogP contribution >= 0.6 is 12.4 Å². The van der Waals surface area contributed by atoms with Gasteiger partial charge in [-0.15, -0.1) is 12.4 Å². The van der Waals surface area contributed by atoms with Crippen molar-refractivity contribution in [1.29, 1.82) is 0 Å². The van der Waals surface area contributed by atoms with Crippen LogP contribution in [0.3, 0.4) is 0 Å². The third-order valence-corrected chi connectivity index (χ3v) is 1.43. The van der Waals surface area contributed by atoms with Crippen LogP contribution in [0.4, 0.5) is 11.4 Å². The Kier molecular flexibility index (Phi) is 4.00. The molecule has 5 nitrogen and oxygen atoms in total. The molecule has 0 bridgehead atoms. The molecule has 0 unspecified atom stereocenters. The fourth-order valence-electron chi connectivity index (χ4n) is 0.908. The third kappa shape index (κ3) is 2.22. The van der Waals surface area contributed by atoms with Crippen molar-refractivity contribution >= 4 is 23.8 Å². The van der Waals surface area contributed by atoms with Gasteiger partial charge < -0.3 is 10.5 Å². The summed E-state index contributed by atoms with van der Waals surface area (Å²) in [6.45, 7) is 0. The number of para-hydroxylation sites is 1. The molecule has 0 saturated heterocycles. The monoisotopic (exact) mass is 204 g/mol. The molecular formula is C7H9ClN2O3. The Morgan fingerprint density at radius 3 is 2.54 bits per heavy atom. The molecule has 6 heteroatoms. The molecule has 0 spiro atoms. The topological polar surface area (TPSA) is 78.4 Å². The summed E-state index contributed by atoms with van der Waals surface area (Å²) in [5.74, 6) is 0.113. The molecule has 1 rings (SSSR count).